The number of hydrogen-bond donors (Lipinski definition) is 0. The molecule has 0 saturated carbocycles. The summed E-state index contributed by atoms with van der Waals surface area (Å²) in [5.41, 5.74) is 0. The molecular formula is C46H40O3P2Pd. The van der Waals surface area contributed by atoms with E-state index in [1.807, 2.05) is 18.2 Å². The molecule has 0 aromatic heterocycles. The Morgan fingerprint density at radius 2 is 0.654 bits per heavy atom. The van der Waals surface area contributed by atoms with Crippen LogP contribution in [0.1, 0.15) is 6.92 Å². The van der Waals surface area contributed by atoms with Crippen LogP contribution in [0.4, 0.5) is 0 Å². The average Bonchev–Trinajstić information content (AvgIpc) is 3.21. The van der Waals surface area contributed by atoms with Crippen LogP contribution in [0.5, 0.6) is 5.75 Å². The average molecular weight is 809 g/mol. The maximum Gasteiger partial charge on any atom is 2.00 e. The predicted molar refractivity (Wildman–Crippen MR) is 216 cm³/mol. The number of benzene rings is 7. The molecule has 0 amide bonds. The summed E-state index contributed by atoms with van der Waals surface area (Å²) in [7, 11) is -0.892. The molecule has 0 saturated heterocycles. The predicted octanol–water partition coefficient (Wildman–Crippen LogP) is 7.95. The van der Waals surface area contributed by atoms with Crippen molar-refractivity contribution in [2.24, 2.45) is 0 Å². The largest absolute Gasteiger partial charge is 2.00 e. The maximum atomic E-state index is 10.8. The van der Waals surface area contributed by atoms with Gasteiger partial charge in [0, 0.05) is 0 Å². The minimum atomic E-state index is -0.591. The first-order valence-corrected chi connectivity index (χ1v) is 19.5. The maximum absolute atomic E-state index is 10.8. The topological polar surface area (TPSA) is 41.5 Å². The van der Waals surface area contributed by atoms with Crippen LogP contribution in [0.3, 0.4) is 0 Å². The van der Waals surface area contributed by atoms with Gasteiger partial charge in [0.25, 0.3) is 0 Å². The summed E-state index contributed by atoms with van der Waals surface area (Å²) in [6, 6.07) is 73.6. The second kappa shape index (κ2) is 22.9. The molecule has 0 aliphatic heterocycles. The molecule has 52 heavy (non-hydrogen) atoms. The third-order valence-electron chi connectivity index (χ3n) is 7.36. The molecule has 0 aliphatic rings. The van der Waals surface area contributed by atoms with Gasteiger partial charge in [0.15, 0.2) is 0 Å². The van der Waals surface area contributed by atoms with Gasteiger partial charge < -0.3 is 14.6 Å². The third kappa shape index (κ3) is 12.8. The smallest absolute Gasteiger partial charge is 0.640 e. The fourth-order valence-corrected chi connectivity index (χ4v) is 9.72. The molecule has 0 heterocycles. The molecule has 0 spiro atoms. The Morgan fingerprint density at radius 1 is 0.423 bits per heavy atom. The summed E-state index contributed by atoms with van der Waals surface area (Å²) in [6.07, 6.45) is 2.14. The summed E-state index contributed by atoms with van der Waals surface area (Å²) in [6.45, 7) is 2.05. The fraction of sp³-hybridized carbons (Fsp3) is 0.0435. The molecule has 0 fully saturated rings. The molecule has 262 valence electrons. The van der Waals surface area contributed by atoms with E-state index in [2.05, 4.69) is 193 Å². The van der Waals surface area contributed by atoms with E-state index in [4.69, 9.17) is 4.74 Å². The van der Waals surface area contributed by atoms with Crippen molar-refractivity contribution >= 4 is 47.7 Å². The van der Waals surface area contributed by atoms with E-state index in [1.165, 1.54) is 31.8 Å². The number of para-hydroxylation sites is 1. The van der Waals surface area contributed by atoms with Gasteiger partial charge in [-0.2, -0.15) is 0 Å². The standard InChI is InChI=1S/2C18H15P.C10H11O3.Pd/c2*1-4-10-16(11-5-1)19(17-12-6-2-7-13-17)18-14-8-3-9-15-18;1-2-12-10(11)8-13-9-6-4-3-5-7-9;/h2*1-15H;3-7,11H,2H2,1H3;/q;;-1;+2/p-1. The summed E-state index contributed by atoms with van der Waals surface area (Å²) >= 11 is 0. The molecule has 0 bridgehead atoms. The minimum Gasteiger partial charge on any atom is -0.640 e. The summed E-state index contributed by atoms with van der Waals surface area (Å²) in [4.78, 5) is 0. The molecule has 0 radical (unpaired) electrons. The summed E-state index contributed by atoms with van der Waals surface area (Å²) < 4.78 is 9.48. The van der Waals surface area contributed by atoms with Crippen molar-refractivity contribution in [3.05, 3.63) is 225 Å². The van der Waals surface area contributed by atoms with Crippen molar-refractivity contribution in [1.29, 1.82) is 0 Å². The van der Waals surface area contributed by atoms with Gasteiger partial charge in [0.05, 0.1) is 0 Å². The normalized spacial score (nSPS) is 10.5. The van der Waals surface area contributed by atoms with Crippen LogP contribution in [0, 0.1) is 6.26 Å². The van der Waals surface area contributed by atoms with E-state index >= 15 is 0 Å². The van der Waals surface area contributed by atoms with Crippen LogP contribution < -0.4 is 41.7 Å². The molecule has 7 aromatic carbocycles. The number of ether oxygens (including phenoxy) is 2. The minimum absolute atomic E-state index is 0. The molecular weight excluding hydrogens is 769 g/mol. The van der Waals surface area contributed by atoms with E-state index in [0.717, 1.165) is 0 Å². The molecule has 0 unspecified atom stereocenters. The Morgan fingerprint density at radius 3 is 0.885 bits per heavy atom. The number of rotatable bonds is 10. The van der Waals surface area contributed by atoms with Crippen LogP contribution in [0.2, 0.25) is 0 Å². The molecule has 0 aliphatic carbocycles. The zero-order valence-electron chi connectivity index (χ0n) is 28.8. The Bertz CT molecular complexity index is 1660. The van der Waals surface area contributed by atoms with Crippen molar-refractivity contribution < 1.29 is 35.0 Å². The van der Waals surface area contributed by atoms with E-state index in [9.17, 15) is 5.11 Å². The van der Waals surface area contributed by atoms with Gasteiger partial charge in [-0.05, 0) is 66.0 Å². The Hall–Kier alpha value is -4.80. The Kier molecular flexibility index (Phi) is 17.6. The van der Waals surface area contributed by atoms with E-state index in [-0.39, 0.29) is 20.4 Å². The molecule has 6 heteroatoms. The van der Waals surface area contributed by atoms with Crippen molar-refractivity contribution in [1.82, 2.24) is 0 Å². The quantitative estimate of drug-likeness (QED) is 0.0610. The summed E-state index contributed by atoms with van der Waals surface area (Å²) in [5.74, 6) is -0.0260. The molecule has 7 rings (SSSR count). The first-order chi connectivity index (χ1) is 25.2. The van der Waals surface area contributed by atoms with E-state index in [1.54, 1.807) is 19.1 Å². The van der Waals surface area contributed by atoms with Crippen LogP contribution in [0.15, 0.2) is 218 Å². The van der Waals surface area contributed by atoms with Crippen LogP contribution in [-0.2, 0) is 25.2 Å². The van der Waals surface area contributed by atoms with Crippen LogP contribution >= 0.6 is 15.8 Å². The molecule has 0 atom stereocenters. The second-order valence-electron chi connectivity index (χ2n) is 10.9. The summed E-state index contributed by atoms with van der Waals surface area (Å²) in [5, 5.41) is 19.1. The van der Waals surface area contributed by atoms with E-state index in [0.29, 0.717) is 12.4 Å². The van der Waals surface area contributed by atoms with Gasteiger partial charge in [0.2, 0.25) is 0 Å². The van der Waals surface area contributed by atoms with Gasteiger partial charge in [-0.25, -0.2) is 0 Å². The van der Waals surface area contributed by atoms with Gasteiger partial charge in [-0.1, -0.05) is 213 Å². The third-order valence-corrected chi connectivity index (χ3v) is 12.2. The van der Waals surface area contributed by atoms with E-state index < -0.39 is 21.8 Å². The Labute approximate surface area is 324 Å². The van der Waals surface area contributed by atoms with Gasteiger partial charge in [0.1, 0.15) is 0 Å². The number of hydrogen-bond acceptors (Lipinski definition) is 3. The Balaban J connectivity index is 0.000000177. The fourth-order valence-electron chi connectivity index (χ4n) is 5.11. The van der Waals surface area contributed by atoms with Crippen LogP contribution in [0.25, 0.3) is 0 Å². The first kappa shape index (κ1) is 40.0. The van der Waals surface area contributed by atoms with Gasteiger partial charge in [-0.15, -0.1) is 12.1 Å². The molecule has 0 N–H and O–H groups in total. The molecule has 7 aromatic rings. The van der Waals surface area contributed by atoms with Crippen LogP contribution in [-0.4, -0.2) is 6.61 Å². The van der Waals surface area contributed by atoms with Gasteiger partial charge in [-0.3, -0.25) is 0 Å². The van der Waals surface area contributed by atoms with Crippen molar-refractivity contribution in [2.75, 3.05) is 6.61 Å². The monoisotopic (exact) mass is 808 g/mol. The van der Waals surface area contributed by atoms with Crippen molar-refractivity contribution in [3.63, 3.8) is 0 Å². The second-order valence-corrected chi connectivity index (χ2v) is 15.4. The zero-order chi connectivity index (χ0) is 35.4. The van der Waals surface area contributed by atoms with Crippen molar-refractivity contribution in [3.8, 4) is 5.75 Å². The van der Waals surface area contributed by atoms with Gasteiger partial charge >= 0.3 is 20.4 Å². The zero-order valence-corrected chi connectivity index (χ0v) is 32.2. The van der Waals surface area contributed by atoms with Crippen molar-refractivity contribution in [2.45, 2.75) is 6.92 Å². The molecule has 3 nitrogen and oxygen atoms in total. The SMILES string of the molecule is CCOC([O-])=[C-]Oc1ccccc1.[Pd+2].c1ccc(P(c2ccccc2)c2ccccc2)cc1.c1ccc(P(c2ccccc2)c2ccccc2)cc1. The first-order valence-electron chi connectivity index (χ1n) is 16.8.